The highest BCUT2D eigenvalue weighted by molar-refractivity contribution is 7.91. The van der Waals surface area contributed by atoms with Crippen molar-refractivity contribution < 1.29 is 27.9 Å². The lowest BCUT2D eigenvalue weighted by atomic mass is 10.2. The Bertz CT molecular complexity index is 515. The maximum absolute atomic E-state index is 12.2. The number of sulfone groups is 1. The SMILES string of the molecule is CC(=O)NC(C)C(=O)N(CC(=O)O)C1CCS(=O)(=O)C1. The summed E-state index contributed by atoms with van der Waals surface area (Å²) >= 11 is 0. The van der Waals surface area contributed by atoms with Gasteiger partial charge in [-0.05, 0) is 13.3 Å². The van der Waals surface area contributed by atoms with Crippen molar-refractivity contribution in [2.45, 2.75) is 32.4 Å². The molecule has 0 spiro atoms. The van der Waals surface area contributed by atoms with Crippen molar-refractivity contribution in [2.24, 2.45) is 0 Å². The van der Waals surface area contributed by atoms with Crippen LogP contribution in [0.2, 0.25) is 0 Å². The standard InChI is InChI=1S/C11H18N2O6S/c1-7(12-8(2)14)11(17)13(5-10(15)16)9-3-4-20(18,19)6-9/h7,9H,3-6H2,1-2H3,(H,12,14)(H,15,16). The van der Waals surface area contributed by atoms with Gasteiger partial charge in [-0.2, -0.15) is 0 Å². The number of carboxylic acids is 1. The normalized spacial score (nSPS) is 22.0. The van der Waals surface area contributed by atoms with Gasteiger partial charge in [-0.1, -0.05) is 0 Å². The van der Waals surface area contributed by atoms with Gasteiger partial charge in [0.25, 0.3) is 0 Å². The number of carboxylic acid groups (broad SMARTS) is 1. The van der Waals surface area contributed by atoms with Gasteiger partial charge in [0.15, 0.2) is 9.84 Å². The lowest BCUT2D eigenvalue weighted by molar-refractivity contribution is -0.147. The molecule has 0 aromatic heterocycles. The number of carbonyl (C=O) groups is 3. The van der Waals surface area contributed by atoms with Crippen LogP contribution in [-0.4, -0.2) is 66.3 Å². The molecule has 2 amide bonds. The minimum Gasteiger partial charge on any atom is -0.480 e. The third-order valence-corrected chi connectivity index (χ3v) is 4.78. The van der Waals surface area contributed by atoms with E-state index in [9.17, 15) is 22.8 Å². The maximum Gasteiger partial charge on any atom is 0.323 e. The third kappa shape index (κ3) is 4.48. The first kappa shape index (κ1) is 16.4. The molecule has 0 aromatic rings. The fourth-order valence-corrected chi connectivity index (χ4v) is 3.90. The summed E-state index contributed by atoms with van der Waals surface area (Å²) in [6.07, 6.45) is 0.216. The van der Waals surface area contributed by atoms with E-state index in [1.165, 1.54) is 13.8 Å². The lowest BCUT2D eigenvalue weighted by Gasteiger charge is -2.29. The molecule has 2 atom stereocenters. The van der Waals surface area contributed by atoms with Gasteiger partial charge in [0.1, 0.15) is 12.6 Å². The minimum atomic E-state index is -3.23. The molecular weight excluding hydrogens is 288 g/mol. The van der Waals surface area contributed by atoms with E-state index in [0.29, 0.717) is 0 Å². The van der Waals surface area contributed by atoms with E-state index >= 15 is 0 Å². The molecule has 2 N–H and O–H groups in total. The zero-order valence-corrected chi connectivity index (χ0v) is 12.1. The third-order valence-electron chi connectivity index (χ3n) is 3.03. The number of rotatable bonds is 5. The van der Waals surface area contributed by atoms with Crippen molar-refractivity contribution in [3.8, 4) is 0 Å². The van der Waals surface area contributed by atoms with E-state index in [1.807, 2.05) is 0 Å². The molecule has 1 fully saturated rings. The van der Waals surface area contributed by atoms with Gasteiger partial charge in [-0.15, -0.1) is 0 Å². The monoisotopic (exact) mass is 306 g/mol. The Hall–Kier alpha value is -1.64. The van der Waals surface area contributed by atoms with Crippen molar-refractivity contribution in [2.75, 3.05) is 18.1 Å². The van der Waals surface area contributed by atoms with Crippen LogP contribution < -0.4 is 5.32 Å². The summed E-state index contributed by atoms with van der Waals surface area (Å²) in [7, 11) is -3.23. The molecule has 0 bridgehead atoms. The van der Waals surface area contributed by atoms with E-state index in [-0.39, 0.29) is 17.9 Å². The number of aliphatic carboxylic acids is 1. The average Bonchev–Trinajstić information content (AvgIpc) is 2.64. The zero-order chi connectivity index (χ0) is 15.5. The van der Waals surface area contributed by atoms with Crippen molar-refractivity contribution >= 4 is 27.6 Å². The predicted molar refractivity (Wildman–Crippen MR) is 69.7 cm³/mol. The predicted octanol–water partition coefficient (Wildman–Crippen LogP) is -1.39. The molecule has 0 aromatic carbocycles. The summed E-state index contributed by atoms with van der Waals surface area (Å²) in [6.45, 7) is 2.09. The van der Waals surface area contributed by atoms with Gasteiger partial charge in [0.05, 0.1) is 11.5 Å². The van der Waals surface area contributed by atoms with E-state index in [1.54, 1.807) is 0 Å². The largest absolute Gasteiger partial charge is 0.480 e. The summed E-state index contributed by atoms with van der Waals surface area (Å²) in [5, 5.41) is 11.2. The molecule has 114 valence electrons. The molecule has 1 aliphatic rings. The molecule has 0 saturated carbocycles. The molecular formula is C11H18N2O6S. The van der Waals surface area contributed by atoms with E-state index in [0.717, 1.165) is 4.90 Å². The molecule has 1 saturated heterocycles. The van der Waals surface area contributed by atoms with E-state index in [2.05, 4.69) is 5.32 Å². The maximum atomic E-state index is 12.2. The summed E-state index contributed by atoms with van der Waals surface area (Å²) < 4.78 is 22.9. The smallest absolute Gasteiger partial charge is 0.323 e. The summed E-state index contributed by atoms with van der Waals surface area (Å²) in [5.74, 6) is -2.53. The minimum absolute atomic E-state index is 0.0599. The van der Waals surface area contributed by atoms with Crippen LogP contribution in [0.5, 0.6) is 0 Å². The molecule has 2 unspecified atom stereocenters. The van der Waals surface area contributed by atoms with Crippen LogP contribution in [0.3, 0.4) is 0 Å². The Morgan fingerprint density at radius 2 is 2.00 bits per heavy atom. The van der Waals surface area contributed by atoms with Crippen LogP contribution in [-0.2, 0) is 24.2 Å². The van der Waals surface area contributed by atoms with Crippen LogP contribution in [0, 0.1) is 0 Å². The summed E-state index contributed by atoms with van der Waals surface area (Å²) in [6, 6.07) is -1.55. The lowest BCUT2D eigenvalue weighted by Crippen LogP contribution is -2.52. The van der Waals surface area contributed by atoms with E-state index < -0.39 is 46.2 Å². The fraction of sp³-hybridized carbons (Fsp3) is 0.727. The number of carbonyl (C=O) groups excluding carboxylic acids is 2. The van der Waals surface area contributed by atoms with Crippen molar-refractivity contribution in [3.05, 3.63) is 0 Å². The van der Waals surface area contributed by atoms with Gasteiger partial charge in [-0.25, -0.2) is 8.42 Å². The number of hydrogen-bond acceptors (Lipinski definition) is 5. The Morgan fingerprint density at radius 1 is 1.40 bits per heavy atom. The molecule has 0 radical (unpaired) electrons. The molecule has 1 aliphatic heterocycles. The second-order valence-corrected chi connectivity index (χ2v) is 7.07. The van der Waals surface area contributed by atoms with Gasteiger partial charge in [-0.3, -0.25) is 14.4 Å². The van der Waals surface area contributed by atoms with Gasteiger partial charge in [0.2, 0.25) is 11.8 Å². The number of nitrogens with one attached hydrogen (secondary N) is 1. The first-order valence-electron chi connectivity index (χ1n) is 6.12. The van der Waals surface area contributed by atoms with Gasteiger partial charge in [0, 0.05) is 13.0 Å². The Labute approximate surface area is 117 Å². The van der Waals surface area contributed by atoms with Crippen LogP contribution in [0.15, 0.2) is 0 Å². The quantitative estimate of drug-likeness (QED) is 0.645. The van der Waals surface area contributed by atoms with E-state index in [4.69, 9.17) is 5.11 Å². The zero-order valence-electron chi connectivity index (χ0n) is 11.3. The summed E-state index contributed by atoms with van der Waals surface area (Å²) in [5.41, 5.74) is 0. The Kier molecular flexibility index (Phi) is 5.09. The second-order valence-electron chi connectivity index (χ2n) is 4.84. The number of amides is 2. The molecule has 1 rings (SSSR count). The topological polar surface area (TPSA) is 121 Å². The first-order chi connectivity index (χ1) is 9.12. The van der Waals surface area contributed by atoms with Crippen LogP contribution >= 0.6 is 0 Å². The van der Waals surface area contributed by atoms with Crippen LogP contribution in [0.1, 0.15) is 20.3 Å². The van der Waals surface area contributed by atoms with Crippen LogP contribution in [0.4, 0.5) is 0 Å². The Morgan fingerprint density at radius 3 is 2.40 bits per heavy atom. The number of nitrogens with zero attached hydrogens (tertiary/aromatic N) is 1. The molecule has 1 heterocycles. The van der Waals surface area contributed by atoms with Crippen molar-refractivity contribution in [3.63, 3.8) is 0 Å². The molecule has 0 aliphatic carbocycles. The average molecular weight is 306 g/mol. The highest BCUT2D eigenvalue weighted by Crippen LogP contribution is 2.18. The van der Waals surface area contributed by atoms with Crippen LogP contribution in [0.25, 0.3) is 0 Å². The first-order valence-corrected chi connectivity index (χ1v) is 7.94. The second kappa shape index (κ2) is 6.21. The van der Waals surface area contributed by atoms with Crippen molar-refractivity contribution in [1.82, 2.24) is 10.2 Å². The van der Waals surface area contributed by atoms with Crippen molar-refractivity contribution in [1.29, 1.82) is 0 Å². The molecule has 8 nitrogen and oxygen atoms in total. The van der Waals surface area contributed by atoms with Gasteiger partial charge < -0.3 is 15.3 Å². The highest BCUT2D eigenvalue weighted by atomic mass is 32.2. The van der Waals surface area contributed by atoms with Gasteiger partial charge >= 0.3 is 5.97 Å². The molecule has 9 heteroatoms. The summed E-state index contributed by atoms with van der Waals surface area (Å²) in [4.78, 5) is 35.0. The molecule has 20 heavy (non-hydrogen) atoms. The Balaban J connectivity index is 2.86. The number of hydrogen-bond donors (Lipinski definition) is 2. The highest BCUT2D eigenvalue weighted by Gasteiger charge is 2.37. The fourth-order valence-electron chi connectivity index (χ4n) is 2.17.